The van der Waals surface area contributed by atoms with Crippen molar-refractivity contribution < 1.29 is 23.6 Å². The van der Waals surface area contributed by atoms with Gasteiger partial charge in [0.2, 0.25) is 0 Å². The highest BCUT2D eigenvalue weighted by Gasteiger charge is 2.36. The molecule has 3 rings (SSSR count). The first-order valence-corrected chi connectivity index (χ1v) is 8.58. The van der Waals surface area contributed by atoms with Gasteiger partial charge < -0.3 is 19.8 Å². The van der Waals surface area contributed by atoms with Gasteiger partial charge in [0.05, 0.1) is 31.6 Å². The molecule has 8 heteroatoms. The lowest BCUT2D eigenvalue weighted by molar-refractivity contribution is -0.146. The van der Waals surface area contributed by atoms with Gasteiger partial charge in [-0.3, -0.25) is 4.84 Å². The highest BCUT2D eigenvalue weighted by atomic mass is 16.7. The largest absolute Gasteiger partial charge is 0.467 e. The van der Waals surface area contributed by atoms with E-state index in [4.69, 9.17) is 14.0 Å². The summed E-state index contributed by atoms with van der Waals surface area (Å²) in [5.41, 5.74) is 0.815. The molecule has 1 aromatic heterocycles. The second-order valence-electron chi connectivity index (χ2n) is 5.92. The van der Waals surface area contributed by atoms with Crippen molar-refractivity contribution in [2.24, 2.45) is 0 Å². The van der Waals surface area contributed by atoms with Crippen LogP contribution in [0.25, 0.3) is 0 Å². The molecule has 0 saturated carbocycles. The van der Waals surface area contributed by atoms with E-state index in [2.05, 4.69) is 10.6 Å². The highest BCUT2D eigenvalue weighted by molar-refractivity contribution is 5.95. The van der Waals surface area contributed by atoms with Gasteiger partial charge in [0.25, 0.3) is 0 Å². The summed E-state index contributed by atoms with van der Waals surface area (Å²) in [6.45, 7) is 3.67. The number of hydrogen-bond donors (Lipinski definition) is 2. The molecule has 0 aromatic carbocycles. The molecule has 1 unspecified atom stereocenters. The van der Waals surface area contributed by atoms with E-state index in [9.17, 15) is 9.59 Å². The number of amides is 2. The third-order valence-electron chi connectivity index (χ3n) is 4.14. The molecule has 136 valence electrons. The normalized spacial score (nSPS) is 22.1. The SMILES string of the molecule is CCOC(=O)C1=C(CN2CCCCCO2)NC(=O)NC1c1ccco1. The predicted molar refractivity (Wildman–Crippen MR) is 88.2 cm³/mol. The Hall–Kier alpha value is -2.32. The lowest BCUT2D eigenvalue weighted by atomic mass is 10.00. The van der Waals surface area contributed by atoms with Crippen LogP contribution in [-0.4, -0.2) is 43.4 Å². The number of hydroxylamine groups is 2. The molecule has 3 heterocycles. The van der Waals surface area contributed by atoms with Gasteiger partial charge in [-0.05, 0) is 38.3 Å². The Kier molecular flexibility index (Phi) is 5.72. The molecule has 0 radical (unpaired) electrons. The molecule has 2 aliphatic rings. The fourth-order valence-corrected chi connectivity index (χ4v) is 2.99. The predicted octanol–water partition coefficient (Wildman–Crippen LogP) is 1.87. The molecule has 0 bridgehead atoms. The molecule has 1 saturated heterocycles. The molecule has 2 aliphatic heterocycles. The minimum Gasteiger partial charge on any atom is -0.467 e. The van der Waals surface area contributed by atoms with Crippen molar-refractivity contribution in [3.63, 3.8) is 0 Å². The maximum atomic E-state index is 12.6. The first-order chi connectivity index (χ1) is 12.2. The van der Waals surface area contributed by atoms with Gasteiger partial charge in [-0.2, -0.15) is 5.06 Å². The highest BCUT2D eigenvalue weighted by Crippen LogP contribution is 2.28. The van der Waals surface area contributed by atoms with Crippen LogP contribution in [0.4, 0.5) is 4.79 Å². The van der Waals surface area contributed by atoms with Crippen LogP contribution >= 0.6 is 0 Å². The Morgan fingerprint density at radius 2 is 2.28 bits per heavy atom. The topological polar surface area (TPSA) is 93.0 Å². The first kappa shape index (κ1) is 17.5. The average molecular weight is 349 g/mol. The molecule has 8 nitrogen and oxygen atoms in total. The summed E-state index contributed by atoms with van der Waals surface area (Å²) in [5, 5.41) is 7.24. The summed E-state index contributed by atoms with van der Waals surface area (Å²) in [5.74, 6) is -0.00610. The van der Waals surface area contributed by atoms with Gasteiger partial charge in [-0.15, -0.1) is 0 Å². The van der Waals surface area contributed by atoms with Crippen LogP contribution in [0.15, 0.2) is 34.1 Å². The second-order valence-corrected chi connectivity index (χ2v) is 5.92. The standard InChI is InChI=1S/C17H23N3O5/c1-2-23-16(21)14-12(11-20-8-4-3-5-10-25-20)18-17(22)19-15(14)13-7-6-9-24-13/h6-7,9,15H,2-5,8,10-11H2,1H3,(H2,18,19,22). The van der Waals surface area contributed by atoms with E-state index in [-0.39, 0.29) is 12.6 Å². The maximum absolute atomic E-state index is 12.6. The van der Waals surface area contributed by atoms with Gasteiger partial charge >= 0.3 is 12.0 Å². The van der Waals surface area contributed by atoms with Gasteiger partial charge in [0.15, 0.2) is 0 Å². The third-order valence-corrected chi connectivity index (χ3v) is 4.14. The number of esters is 1. The zero-order chi connectivity index (χ0) is 17.6. The Balaban J connectivity index is 1.92. The zero-order valence-electron chi connectivity index (χ0n) is 14.2. The number of ether oxygens (including phenoxy) is 1. The van der Waals surface area contributed by atoms with Crippen LogP contribution in [0.1, 0.15) is 38.0 Å². The Morgan fingerprint density at radius 3 is 3.04 bits per heavy atom. The summed E-state index contributed by atoms with van der Waals surface area (Å²) < 4.78 is 10.6. The van der Waals surface area contributed by atoms with Crippen molar-refractivity contribution in [1.82, 2.24) is 15.7 Å². The Labute approximate surface area is 146 Å². The second kappa shape index (κ2) is 8.17. The van der Waals surface area contributed by atoms with E-state index >= 15 is 0 Å². The fourth-order valence-electron chi connectivity index (χ4n) is 2.99. The molecule has 2 N–H and O–H groups in total. The molecular formula is C17H23N3O5. The van der Waals surface area contributed by atoms with Gasteiger partial charge in [0.1, 0.15) is 11.8 Å². The number of furan rings is 1. The minimum atomic E-state index is -0.690. The summed E-state index contributed by atoms with van der Waals surface area (Å²) in [4.78, 5) is 30.4. The smallest absolute Gasteiger partial charge is 0.338 e. The van der Waals surface area contributed by atoms with E-state index in [0.29, 0.717) is 30.2 Å². The Morgan fingerprint density at radius 1 is 1.40 bits per heavy atom. The molecule has 1 aromatic rings. The first-order valence-electron chi connectivity index (χ1n) is 8.58. The van der Waals surface area contributed by atoms with Crippen LogP contribution in [0.2, 0.25) is 0 Å². The van der Waals surface area contributed by atoms with Gasteiger partial charge in [-0.25, -0.2) is 9.59 Å². The van der Waals surface area contributed by atoms with Crippen molar-refractivity contribution >= 4 is 12.0 Å². The van der Waals surface area contributed by atoms with Crippen molar-refractivity contribution in [2.45, 2.75) is 32.2 Å². The van der Waals surface area contributed by atoms with E-state index in [0.717, 1.165) is 25.8 Å². The number of nitrogens with zero attached hydrogens (tertiary/aromatic N) is 1. The van der Waals surface area contributed by atoms with Crippen molar-refractivity contribution in [1.29, 1.82) is 0 Å². The number of hydrogen-bond acceptors (Lipinski definition) is 6. The lowest BCUT2D eigenvalue weighted by Gasteiger charge is -2.30. The summed E-state index contributed by atoms with van der Waals surface area (Å²) in [6.07, 6.45) is 4.62. The van der Waals surface area contributed by atoms with Gasteiger partial charge in [0, 0.05) is 12.2 Å². The number of urea groups is 1. The van der Waals surface area contributed by atoms with E-state index in [1.165, 1.54) is 6.26 Å². The molecule has 1 fully saturated rings. The minimum absolute atomic E-state index is 0.245. The van der Waals surface area contributed by atoms with E-state index in [1.807, 2.05) is 0 Å². The molecule has 2 amide bonds. The summed E-state index contributed by atoms with van der Waals surface area (Å²) >= 11 is 0. The monoisotopic (exact) mass is 349 g/mol. The number of carbonyl (C=O) groups excluding carboxylic acids is 2. The van der Waals surface area contributed by atoms with Crippen molar-refractivity contribution in [3.05, 3.63) is 35.4 Å². The molecule has 1 atom stereocenters. The van der Waals surface area contributed by atoms with Crippen LogP contribution in [0, 0.1) is 0 Å². The molecular weight excluding hydrogens is 326 g/mol. The zero-order valence-corrected chi connectivity index (χ0v) is 14.2. The van der Waals surface area contributed by atoms with Crippen LogP contribution in [0.5, 0.6) is 0 Å². The number of carbonyl (C=O) groups is 2. The van der Waals surface area contributed by atoms with E-state index in [1.54, 1.807) is 24.1 Å². The fraction of sp³-hybridized carbons (Fsp3) is 0.529. The maximum Gasteiger partial charge on any atom is 0.338 e. The van der Waals surface area contributed by atoms with Crippen LogP contribution in [0.3, 0.4) is 0 Å². The lowest BCUT2D eigenvalue weighted by Crippen LogP contribution is -2.48. The quantitative estimate of drug-likeness (QED) is 0.789. The summed E-state index contributed by atoms with van der Waals surface area (Å²) in [6, 6.07) is 2.35. The molecule has 0 aliphatic carbocycles. The van der Waals surface area contributed by atoms with Crippen molar-refractivity contribution in [2.75, 3.05) is 26.3 Å². The van der Waals surface area contributed by atoms with Gasteiger partial charge in [-0.1, -0.05) is 0 Å². The van der Waals surface area contributed by atoms with Crippen LogP contribution < -0.4 is 10.6 Å². The average Bonchev–Trinajstić information content (AvgIpc) is 3.00. The number of rotatable bonds is 5. The van der Waals surface area contributed by atoms with E-state index < -0.39 is 12.0 Å². The number of nitrogens with one attached hydrogen (secondary N) is 2. The molecule has 0 spiro atoms. The Bertz CT molecular complexity index is 633. The van der Waals surface area contributed by atoms with Crippen molar-refractivity contribution in [3.8, 4) is 0 Å². The summed E-state index contributed by atoms with van der Waals surface area (Å²) in [7, 11) is 0. The molecule has 25 heavy (non-hydrogen) atoms. The van der Waals surface area contributed by atoms with Crippen LogP contribution in [-0.2, 0) is 14.4 Å². The third kappa shape index (κ3) is 4.21.